The van der Waals surface area contributed by atoms with E-state index >= 15 is 0 Å². The van der Waals surface area contributed by atoms with Crippen molar-refractivity contribution in [2.24, 2.45) is 0 Å². The van der Waals surface area contributed by atoms with Crippen LogP contribution in [0.5, 0.6) is 0 Å². The zero-order chi connectivity index (χ0) is 34.7. The third kappa shape index (κ3) is 8.79. The van der Waals surface area contributed by atoms with Crippen molar-refractivity contribution in [2.45, 2.75) is 37.0 Å². The first-order valence-corrected chi connectivity index (χ1v) is 16.8. The molecular weight excluding hydrogens is 674 g/mol. The molecule has 1 atom stereocenters. The highest BCUT2D eigenvalue weighted by Crippen LogP contribution is 2.34. The Kier molecular flexibility index (Phi) is 10.2. The van der Waals surface area contributed by atoms with Crippen molar-refractivity contribution in [3.05, 3.63) is 119 Å². The molecule has 3 aromatic carbocycles. The molecule has 9 nitrogen and oxygen atoms in total. The van der Waals surface area contributed by atoms with Gasteiger partial charge in [-0.1, -0.05) is 24.3 Å². The van der Waals surface area contributed by atoms with Gasteiger partial charge in [-0.3, -0.25) is 9.52 Å². The molecule has 0 bridgehead atoms. The molecule has 0 saturated heterocycles. The number of amides is 1. The monoisotopic (exact) mass is 700 g/mol. The van der Waals surface area contributed by atoms with Crippen LogP contribution < -0.4 is 14.3 Å². The molecule has 4 aromatic rings. The fourth-order valence-electron chi connectivity index (χ4n) is 4.32. The smallest absolute Gasteiger partial charge is 0.351 e. The number of rotatable bonds is 11. The van der Waals surface area contributed by atoms with Crippen molar-refractivity contribution in [2.75, 3.05) is 15.3 Å². The predicted octanol–water partition coefficient (Wildman–Crippen LogP) is 5.70. The van der Waals surface area contributed by atoms with Crippen LogP contribution in [0.4, 0.5) is 37.8 Å². The lowest BCUT2D eigenvalue weighted by molar-refractivity contribution is -0.141. The SMILES string of the molecule is CC(C(=O)NCc1ccc(C(F)(F)F)nc1N(Cc1ccc(F)cc1)S(=O)(=O)c1ccc(F)cc1)c1ccc(NS(C)(=O)=O)c(F)c1. The van der Waals surface area contributed by atoms with Gasteiger partial charge in [0.05, 0.1) is 29.3 Å². The van der Waals surface area contributed by atoms with Gasteiger partial charge in [-0.05, 0) is 72.6 Å². The van der Waals surface area contributed by atoms with Gasteiger partial charge in [0.2, 0.25) is 15.9 Å². The predicted molar refractivity (Wildman–Crippen MR) is 161 cm³/mol. The summed E-state index contributed by atoms with van der Waals surface area (Å²) in [4.78, 5) is 16.2. The Balaban J connectivity index is 1.73. The molecule has 0 spiro atoms. The number of hydrogen-bond acceptors (Lipinski definition) is 6. The van der Waals surface area contributed by atoms with Crippen molar-refractivity contribution in [3.8, 4) is 0 Å². The van der Waals surface area contributed by atoms with Gasteiger partial charge < -0.3 is 5.32 Å². The summed E-state index contributed by atoms with van der Waals surface area (Å²) >= 11 is 0. The Morgan fingerprint density at radius 2 is 1.47 bits per heavy atom. The fraction of sp³-hybridized carbons (Fsp3) is 0.200. The average Bonchev–Trinajstić information content (AvgIpc) is 2.99. The summed E-state index contributed by atoms with van der Waals surface area (Å²) in [5.74, 6) is -4.91. The summed E-state index contributed by atoms with van der Waals surface area (Å²) in [7, 11) is -8.53. The number of anilines is 2. The van der Waals surface area contributed by atoms with Gasteiger partial charge in [0.1, 0.15) is 29.0 Å². The minimum Gasteiger partial charge on any atom is -0.351 e. The number of nitrogens with zero attached hydrogens (tertiary/aromatic N) is 2. The Morgan fingerprint density at radius 3 is 2.02 bits per heavy atom. The third-order valence-corrected chi connectivity index (χ3v) is 9.10. The molecule has 0 fully saturated rings. The van der Waals surface area contributed by atoms with E-state index in [1.807, 2.05) is 4.72 Å². The van der Waals surface area contributed by atoms with E-state index in [1.165, 1.54) is 25.1 Å². The van der Waals surface area contributed by atoms with Crippen molar-refractivity contribution >= 4 is 37.5 Å². The van der Waals surface area contributed by atoms with Crippen LogP contribution in [0.1, 0.15) is 35.2 Å². The molecule has 0 saturated carbocycles. The molecule has 0 aliphatic heterocycles. The quantitative estimate of drug-likeness (QED) is 0.193. The number of hydrogen-bond donors (Lipinski definition) is 2. The largest absolute Gasteiger partial charge is 0.433 e. The zero-order valence-electron chi connectivity index (χ0n) is 24.5. The Morgan fingerprint density at radius 1 is 0.872 bits per heavy atom. The molecule has 4 rings (SSSR count). The first kappa shape index (κ1) is 35.2. The maximum absolute atomic E-state index is 14.5. The summed E-state index contributed by atoms with van der Waals surface area (Å²) in [6, 6.07) is 12.9. The lowest BCUT2D eigenvalue weighted by Gasteiger charge is -2.27. The van der Waals surface area contributed by atoms with Gasteiger partial charge in [-0.25, -0.2) is 39.3 Å². The normalized spacial score (nSPS) is 12.8. The second-order valence-electron chi connectivity index (χ2n) is 10.3. The fourth-order valence-corrected chi connectivity index (χ4v) is 6.33. The summed E-state index contributed by atoms with van der Waals surface area (Å²) < 4.78 is 136. The van der Waals surface area contributed by atoms with E-state index < -0.39 is 85.0 Å². The lowest BCUT2D eigenvalue weighted by Crippen LogP contribution is -2.34. The molecule has 17 heteroatoms. The second kappa shape index (κ2) is 13.6. The molecular formula is C30H26F6N4O5S2. The minimum absolute atomic E-state index is 0.127. The maximum atomic E-state index is 14.5. The van der Waals surface area contributed by atoms with Crippen molar-refractivity contribution in [3.63, 3.8) is 0 Å². The molecule has 0 aliphatic carbocycles. The van der Waals surface area contributed by atoms with Gasteiger partial charge >= 0.3 is 6.18 Å². The Bertz CT molecular complexity index is 1990. The van der Waals surface area contributed by atoms with Gasteiger partial charge in [-0.15, -0.1) is 0 Å². The molecule has 1 unspecified atom stereocenters. The molecule has 1 aromatic heterocycles. The number of sulfonamides is 2. The number of pyridine rings is 1. The Hall–Kier alpha value is -4.64. The molecule has 250 valence electrons. The van der Waals surface area contributed by atoms with Crippen LogP contribution in [0.25, 0.3) is 0 Å². The maximum Gasteiger partial charge on any atom is 0.433 e. The van der Waals surface area contributed by atoms with E-state index in [0.717, 1.165) is 60.9 Å². The minimum atomic E-state index is -5.01. The highest BCUT2D eigenvalue weighted by Gasteiger charge is 2.36. The van der Waals surface area contributed by atoms with Gasteiger partial charge in [0.25, 0.3) is 10.0 Å². The average molecular weight is 701 g/mol. The van der Waals surface area contributed by atoms with E-state index in [0.29, 0.717) is 10.4 Å². The van der Waals surface area contributed by atoms with Crippen LogP contribution in [0.2, 0.25) is 0 Å². The van der Waals surface area contributed by atoms with E-state index in [9.17, 15) is 48.0 Å². The topological polar surface area (TPSA) is 126 Å². The number of aromatic nitrogens is 1. The lowest BCUT2D eigenvalue weighted by atomic mass is 9.99. The van der Waals surface area contributed by atoms with Gasteiger partial charge in [0, 0.05) is 12.1 Å². The van der Waals surface area contributed by atoms with Crippen molar-refractivity contribution in [1.29, 1.82) is 0 Å². The number of nitrogens with one attached hydrogen (secondary N) is 2. The van der Waals surface area contributed by atoms with Crippen molar-refractivity contribution < 1.29 is 48.0 Å². The number of carbonyl (C=O) groups is 1. The second-order valence-corrected chi connectivity index (χ2v) is 13.9. The standard InChI is InChI=1S/C30H26F6N4O5S2/c1-18(20-5-13-26(25(33)15-20)39-46(2,42)43)29(41)37-16-21-6-14-27(30(34,35)36)38-28(21)40(17-19-3-7-22(31)8-4-19)47(44,45)24-11-9-23(32)10-12-24/h3-15,18,39H,16-17H2,1-2H3,(H,37,41). The summed E-state index contributed by atoms with van der Waals surface area (Å²) in [5.41, 5.74) is -1.69. The number of benzene rings is 3. The molecule has 1 heterocycles. The van der Waals surface area contributed by atoms with Crippen molar-refractivity contribution in [1.82, 2.24) is 10.3 Å². The van der Waals surface area contributed by atoms with Crippen LogP contribution >= 0.6 is 0 Å². The molecule has 0 aliphatic rings. The highest BCUT2D eigenvalue weighted by molar-refractivity contribution is 7.92. The number of carbonyl (C=O) groups excluding carboxylic acids is 1. The zero-order valence-corrected chi connectivity index (χ0v) is 26.2. The third-order valence-electron chi connectivity index (χ3n) is 6.76. The Labute approximate surface area is 266 Å². The van der Waals surface area contributed by atoms with Crippen LogP contribution in [0, 0.1) is 17.5 Å². The summed E-state index contributed by atoms with van der Waals surface area (Å²) in [5, 5.41) is 2.48. The molecule has 0 radical (unpaired) electrons. The number of alkyl halides is 3. The molecule has 1 amide bonds. The van der Waals surface area contributed by atoms with E-state index in [4.69, 9.17) is 0 Å². The molecule has 2 N–H and O–H groups in total. The van der Waals surface area contributed by atoms with E-state index in [2.05, 4.69) is 10.3 Å². The van der Waals surface area contributed by atoms with Gasteiger partial charge in [-0.2, -0.15) is 13.2 Å². The highest BCUT2D eigenvalue weighted by atomic mass is 32.2. The van der Waals surface area contributed by atoms with E-state index in [-0.39, 0.29) is 22.4 Å². The summed E-state index contributed by atoms with van der Waals surface area (Å²) in [6.07, 6.45) is -4.18. The van der Waals surface area contributed by atoms with Crippen LogP contribution in [0.3, 0.4) is 0 Å². The van der Waals surface area contributed by atoms with E-state index in [1.54, 1.807) is 0 Å². The number of halogens is 6. The first-order valence-electron chi connectivity index (χ1n) is 13.5. The summed E-state index contributed by atoms with van der Waals surface area (Å²) in [6.45, 7) is 0.219. The van der Waals surface area contributed by atoms with Crippen LogP contribution in [-0.2, 0) is 44.1 Å². The van der Waals surface area contributed by atoms with Crippen LogP contribution in [-0.4, -0.2) is 34.0 Å². The van der Waals surface area contributed by atoms with Crippen LogP contribution in [0.15, 0.2) is 83.8 Å². The molecule has 47 heavy (non-hydrogen) atoms. The first-order chi connectivity index (χ1) is 21.8. The van der Waals surface area contributed by atoms with Gasteiger partial charge in [0.15, 0.2) is 0 Å².